The van der Waals surface area contributed by atoms with Crippen LogP contribution in [0, 0.1) is 15.9 Å². The molecular formula is C13H17FN2O5. The molecule has 116 valence electrons. The van der Waals surface area contributed by atoms with Crippen LogP contribution in [0.3, 0.4) is 0 Å². The Kier molecular flexibility index (Phi) is 6.04. The highest BCUT2D eigenvalue weighted by Crippen LogP contribution is 2.30. The zero-order chi connectivity index (χ0) is 16.0. The summed E-state index contributed by atoms with van der Waals surface area (Å²) < 4.78 is 13.5. The molecule has 0 saturated heterocycles. The predicted octanol–water partition coefficient (Wildman–Crippen LogP) is 2.03. The minimum absolute atomic E-state index is 0.0581. The molecule has 0 radical (unpaired) electrons. The Balaban J connectivity index is 3.04. The van der Waals surface area contributed by atoms with Gasteiger partial charge >= 0.3 is 5.97 Å². The van der Waals surface area contributed by atoms with Crippen LogP contribution in [-0.4, -0.2) is 41.3 Å². The number of anilines is 1. The summed E-state index contributed by atoms with van der Waals surface area (Å²) in [6, 6.07) is 1.60. The van der Waals surface area contributed by atoms with E-state index in [1.165, 1.54) is 4.90 Å². The minimum Gasteiger partial charge on any atom is -0.478 e. The normalized spacial score (nSPS) is 10.4. The minimum atomic E-state index is -1.47. The van der Waals surface area contributed by atoms with Gasteiger partial charge in [-0.25, -0.2) is 9.18 Å². The van der Waals surface area contributed by atoms with E-state index in [1.54, 1.807) is 7.05 Å². The maximum Gasteiger partial charge on any atom is 0.338 e. The fraction of sp³-hybridized carbons (Fsp3) is 0.462. The first kappa shape index (κ1) is 16.8. The number of rotatable bonds is 8. The van der Waals surface area contributed by atoms with Gasteiger partial charge in [0.05, 0.1) is 16.6 Å². The van der Waals surface area contributed by atoms with Gasteiger partial charge in [0.15, 0.2) is 0 Å². The predicted molar refractivity (Wildman–Crippen MR) is 74.2 cm³/mol. The lowest BCUT2D eigenvalue weighted by Gasteiger charge is -2.19. The number of halogens is 1. The van der Waals surface area contributed by atoms with Crippen LogP contribution in [0.15, 0.2) is 12.1 Å². The summed E-state index contributed by atoms with van der Waals surface area (Å²) in [6.45, 7) is 0.509. The highest BCUT2D eigenvalue weighted by Gasteiger charge is 2.23. The number of benzene rings is 1. The number of carboxylic acid groups (broad SMARTS) is 1. The van der Waals surface area contributed by atoms with Crippen LogP contribution < -0.4 is 4.90 Å². The van der Waals surface area contributed by atoms with Crippen molar-refractivity contribution in [1.29, 1.82) is 0 Å². The Labute approximate surface area is 120 Å². The van der Waals surface area contributed by atoms with Crippen molar-refractivity contribution >= 4 is 17.3 Å². The highest BCUT2D eigenvalue weighted by atomic mass is 19.1. The van der Waals surface area contributed by atoms with E-state index in [0.29, 0.717) is 25.5 Å². The van der Waals surface area contributed by atoms with Crippen LogP contribution in [0.5, 0.6) is 0 Å². The molecular weight excluding hydrogens is 283 g/mol. The van der Waals surface area contributed by atoms with E-state index < -0.39 is 28.0 Å². The van der Waals surface area contributed by atoms with Gasteiger partial charge in [0.25, 0.3) is 5.69 Å². The lowest BCUT2D eigenvalue weighted by Crippen LogP contribution is -2.20. The molecule has 0 aliphatic heterocycles. The van der Waals surface area contributed by atoms with Crippen molar-refractivity contribution in [1.82, 2.24) is 0 Å². The van der Waals surface area contributed by atoms with E-state index in [1.807, 2.05) is 0 Å². The SMILES string of the molecule is CN(CCCCCO)c1cc(C(=O)O)c(F)cc1[N+](=O)[O-]. The zero-order valence-corrected chi connectivity index (χ0v) is 11.6. The van der Waals surface area contributed by atoms with E-state index in [2.05, 4.69) is 0 Å². The molecule has 0 heterocycles. The summed E-state index contributed by atoms with van der Waals surface area (Å²) in [6.07, 6.45) is 2.04. The topological polar surface area (TPSA) is 104 Å². The molecule has 0 saturated carbocycles. The molecule has 7 nitrogen and oxygen atoms in total. The molecule has 0 fully saturated rings. The van der Waals surface area contributed by atoms with E-state index in [4.69, 9.17) is 10.2 Å². The summed E-state index contributed by atoms with van der Waals surface area (Å²) in [5, 5.41) is 28.5. The molecule has 0 unspecified atom stereocenters. The first-order valence-corrected chi connectivity index (χ1v) is 6.41. The number of carboxylic acids is 1. The summed E-state index contributed by atoms with van der Waals surface area (Å²) >= 11 is 0. The van der Waals surface area contributed by atoms with Gasteiger partial charge in [0, 0.05) is 20.2 Å². The first-order valence-electron chi connectivity index (χ1n) is 6.41. The Morgan fingerprint density at radius 1 is 1.38 bits per heavy atom. The van der Waals surface area contributed by atoms with Crippen molar-refractivity contribution in [3.63, 3.8) is 0 Å². The van der Waals surface area contributed by atoms with Crippen LogP contribution in [0.2, 0.25) is 0 Å². The average molecular weight is 300 g/mol. The molecule has 0 aliphatic rings. The molecule has 0 aliphatic carbocycles. The quantitative estimate of drug-likeness (QED) is 0.432. The lowest BCUT2D eigenvalue weighted by atomic mass is 10.1. The molecule has 0 aromatic heterocycles. The van der Waals surface area contributed by atoms with Crippen molar-refractivity contribution in [2.24, 2.45) is 0 Å². The van der Waals surface area contributed by atoms with Gasteiger partial charge in [-0.15, -0.1) is 0 Å². The van der Waals surface area contributed by atoms with E-state index >= 15 is 0 Å². The molecule has 0 amide bonds. The Morgan fingerprint density at radius 3 is 2.57 bits per heavy atom. The molecule has 1 aromatic carbocycles. The van der Waals surface area contributed by atoms with Crippen LogP contribution in [-0.2, 0) is 0 Å². The first-order chi connectivity index (χ1) is 9.88. The number of aliphatic hydroxyl groups is 1. The Hall–Kier alpha value is -2.22. The largest absolute Gasteiger partial charge is 0.478 e. The zero-order valence-electron chi connectivity index (χ0n) is 11.6. The number of aliphatic hydroxyl groups excluding tert-OH is 1. The number of nitro groups is 1. The van der Waals surface area contributed by atoms with Crippen LogP contribution in [0.25, 0.3) is 0 Å². The summed E-state index contributed by atoms with van der Waals surface area (Å²) in [4.78, 5) is 22.7. The van der Waals surface area contributed by atoms with Gasteiger partial charge in [0.1, 0.15) is 11.5 Å². The van der Waals surface area contributed by atoms with Crippen LogP contribution >= 0.6 is 0 Å². The standard InChI is InChI=1S/C13H17FN2O5/c1-15(5-3-2-4-6-17)11-7-9(13(18)19)10(14)8-12(11)16(20)21/h7-8,17H,2-6H2,1H3,(H,18,19). The van der Waals surface area contributed by atoms with Gasteiger partial charge in [-0.2, -0.15) is 0 Å². The smallest absolute Gasteiger partial charge is 0.338 e. The number of hydrogen-bond acceptors (Lipinski definition) is 5. The number of unbranched alkanes of at least 4 members (excludes halogenated alkanes) is 2. The molecule has 0 spiro atoms. The molecule has 1 rings (SSSR count). The van der Waals surface area contributed by atoms with E-state index in [-0.39, 0.29) is 12.3 Å². The Morgan fingerprint density at radius 2 is 2.05 bits per heavy atom. The van der Waals surface area contributed by atoms with E-state index in [9.17, 15) is 19.3 Å². The second-order valence-corrected chi connectivity index (χ2v) is 4.59. The maximum atomic E-state index is 13.5. The highest BCUT2D eigenvalue weighted by molar-refractivity contribution is 5.90. The molecule has 0 bridgehead atoms. The van der Waals surface area contributed by atoms with Crippen molar-refractivity contribution in [3.8, 4) is 0 Å². The van der Waals surface area contributed by atoms with E-state index in [0.717, 1.165) is 12.5 Å². The second-order valence-electron chi connectivity index (χ2n) is 4.59. The van der Waals surface area contributed by atoms with Crippen molar-refractivity contribution < 1.29 is 24.3 Å². The molecule has 1 aromatic rings. The van der Waals surface area contributed by atoms with Crippen molar-refractivity contribution in [2.45, 2.75) is 19.3 Å². The number of carbonyl (C=O) groups is 1. The third-order valence-electron chi connectivity index (χ3n) is 3.05. The fourth-order valence-corrected chi connectivity index (χ4v) is 1.93. The number of aromatic carboxylic acids is 1. The summed E-state index contributed by atoms with van der Waals surface area (Å²) in [5.74, 6) is -2.61. The molecule has 0 atom stereocenters. The maximum absolute atomic E-state index is 13.5. The molecule has 8 heteroatoms. The fourth-order valence-electron chi connectivity index (χ4n) is 1.93. The average Bonchev–Trinajstić information content (AvgIpc) is 2.42. The van der Waals surface area contributed by atoms with Crippen LogP contribution in [0.4, 0.5) is 15.8 Å². The third kappa shape index (κ3) is 4.38. The summed E-state index contributed by atoms with van der Waals surface area (Å²) in [7, 11) is 1.57. The number of nitro benzene ring substituents is 1. The lowest BCUT2D eigenvalue weighted by molar-refractivity contribution is -0.384. The van der Waals surface area contributed by atoms with Gasteiger partial charge in [-0.05, 0) is 25.3 Å². The van der Waals surface area contributed by atoms with Gasteiger partial charge in [-0.1, -0.05) is 0 Å². The molecule has 2 N–H and O–H groups in total. The number of hydrogen-bond donors (Lipinski definition) is 2. The summed E-state index contributed by atoms with van der Waals surface area (Å²) in [5.41, 5.74) is -1.01. The second kappa shape index (κ2) is 7.53. The van der Waals surface area contributed by atoms with Gasteiger partial charge < -0.3 is 15.1 Å². The number of nitrogens with zero attached hydrogens (tertiary/aromatic N) is 2. The monoisotopic (exact) mass is 300 g/mol. The third-order valence-corrected chi connectivity index (χ3v) is 3.05. The van der Waals surface area contributed by atoms with Gasteiger partial charge in [-0.3, -0.25) is 10.1 Å². The van der Waals surface area contributed by atoms with Crippen molar-refractivity contribution in [2.75, 3.05) is 25.1 Å². The van der Waals surface area contributed by atoms with Crippen molar-refractivity contribution in [3.05, 3.63) is 33.6 Å². The van der Waals surface area contributed by atoms with Gasteiger partial charge in [0.2, 0.25) is 0 Å². The van der Waals surface area contributed by atoms with Crippen LogP contribution in [0.1, 0.15) is 29.6 Å². The Bertz CT molecular complexity index is 536. The molecule has 21 heavy (non-hydrogen) atoms.